The first-order chi connectivity index (χ1) is 8.18. The lowest BCUT2D eigenvalue weighted by Gasteiger charge is -2.12. The van der Waals surface area contributed by atoms with Gasteiger partial charge in [0.15, 0.2) is 0 Å². The van der Waals surface area contributed by atoms with Gasteiger partial charge in [0.1, 0.15) is 5.75 Å². The van der Waals surface area contributed by atoms with Gasteiger partial charge in [-0.25, -0.2) is 0 Å². The quantitative estimate of drug-likeness (QED) is 0.876. The predicted octanol–water partition coefficient (Wildman–Crippen LogP) is 2.94. The third-order valence-electron chi connectivity index (χ3n) is 2.47. The summed E-state index contributed by atoms with van der Waals surface area (Å²) < 4.78 is 0. The Hall–Kier alpha value is -1.81. The number of thiophene rings is 1. The lowest BCUT2D eigenvalue weighted by Crippen LogP contribution is -2.26. The fourth-order valence-corrected chi connectivity index (χ4v) is 2.28. The maximum Gasteiger partial charge on any atom is 0.255 e. The van der Waals surface area contributed by atoms with Crippen LogP contribution in [0.3, 0.4) is 0 Å². The van der Waals surface area contributed by atoms with Gasteiger partial charge in [0.25, 0.3) is 5.91 Å². The minimum absolute atomic E-state index is 0.00313. The van der Waals surface area contributed by atoms with E-state index in [0.29, 0.717) is 5.56 Å². The second-order valence-corrected chi connectivity index (χ2v) is 4.71. The molecule has 0 saturated carbocycles. The zero-order valence-corrected chi connectivity index (χ0v) is 10.2. The van der Waals surface area contributed by atoms with Gasteiger partial charge in [-0.15, -0.1) is 11.3 Å². The average Bonchev–Trinajstić information content (AvgIpc) is 2.82. The topological polar surface area (TPSA) is 49.3 Å². The predicted molar refractivity (Wildman–Crippen MR) is 68.3 cm³/mol. The second kappa shape index (κ2) is 5.01. The Bertz CT molecular complexity index is 508. The van der Waals surface area contributed by atoms with Gasteiger partial charge in [0.05, 0.1) is 11.6 Å². The highest BCUT2D eigenvalue weighted by atomic mass is 32.1. The Morgan fingerprint density at radius 2 is 2.06 bits per heavy atom. The highest BCUT2D eigenvalue weighted by Crippen LogP contribution is 2.20. The number of hydrogen-bond acceptors (Lipinski definition) is 3. The van der Waals surface area contributed by atoms with Crippen LogP contribution in [-0.2, 0) is 0 Å². The van der Waals surface area contributed by atoms with Crippen molar-refractivity contribution in [1.82, 2.24) is 5.32 Å². The summed E-state index contributed by atoms with van der Waals surface area (Å²) in [7, 11) is 0. The van der Waals surface area contributed by atoms with Gasteiger partial charge in [-0.2, -0.15) is 0 Å². The summed E-state index contributed by atoms with van der Waals surface area (Å²) in [6.45, 7) is 1.92. The number of amides is 1. The van der Waals surface area contributed by atoms with Crippen LogP contribution in [0.25, 0.3) is 0 Å². The molecule has 1 atom stereocenters. The van der Waals surface area contributed by atoms with E-state index in [0.717, 1.165) is 4.88 Å². The minimum atomic E-state index is -0.260. The van der Waals surface area contributed by atoms with Gasteiger partial charge >= 0.3 is 0 Å². The van der Waals surface area contributed by atoms with Crippen molar-refractivity contribution >= 4 is 17.2 Å². The Morgan fingerprint density at radius 1 is 1.29 bits per heavy atom. The third kappa shape index (κ3) is 2.65. The van der Waals surface area contributed by atoms with Crippen molar-refractivity contribution < 1.29 is 9.90 Å². The molecule has 0 radical (unpaired) electrons. The molecule has 0 aliphatic rings. The van der Waals surface area contributed by atoms with Crippen molar-refractivity contribution in [3.63, 3.8) is 0 Å². The number of carbonyl (C=O) groups is 1. The van der Waals surface area contributed by atoms with E-state index in [2.05, 4.69) is 5.32 Å². The summed E-state index contributed by atoms with van der Waals surface area (Å²) in [5.74, 6) is -0.257. The Labute approximate surface area is 104 Å². The van der Waals surface area contributed by atoms with Gasteiger partial charge < -0.3 is 10.4 Å². The number of carbonyl (C=O) groups excluding carboxylic acids is 1. The Kier molecular flexibility index (Phi) is 3.44. The van der Waals surface area contributed by atoms with E-state index < -0.39 is 0 Å². The largest absolute Gasteiger partial charge is 0.507 e. The number of benzene rings is 1. The van der Waals surface area contributed by atoms with Crippen LogP contribution in [0, 0.1) is 0 Å². The molecule has 0 saturated heterocycles. The molecule has 1 aromatic heterocycles. The lowest BCUT2D eigenvalue weighted by atomic mass is 10.1. The summed E-state index contributed by atoms with van der Waals surface area (Å²) in [6.07, 6.45) is 0. The number of hydrogen-bond donors (Lipinski definition) is 2. The Morgan fingerprint density at radius 3 is 2.71 bits per heavy atom. The fraction of sp³-hybridized carbons (Fsp3) is 0.154. The molecule has 0 aliphatic carbocycles. The van der Waals surface area contributed by atoms with Crippen molar-refractivity contribution in [3.8, 4) is 5.75 Å². The van der Waals surface area contributed by atoms with Crippen LogP contribution >= 0.6 is 11.3 Å². The summed E-state index contributed by atoms with van der Waals surface area (Å²) in [5, 5.41) is 14.4. The smallest absolute Gasteiger partial charge is 0.255 e. The molecule has 1 heterocycles. The number of phenols is 1. The van der Waals surface area contributed by atoms with Gasteiger partial charge in [-0.1, -0.05) is 18.2 Å². The molecule has 0 unspecified atom stereocenters. The van der Waals surface area contributed by atoms with Gasteiger partial charge in [-0.05, 0) is 30.5 Å². The number of para-hydroxylation sites is 1. The number of nitrogens with one attached hydrogen (secondary N) is 1. The highest BCUT2D eigenvalue weighted by molar-refractivity contribution is 7.10. The van der Waals surface area contributed by atoms with Gasteiger partial charge in [0.2, 0.25) is 0 Å². The second-order valence-electron chi connectivity index (χ2n) is 3.73. The van der Waals surface area contributed by atoms with Gasteiger partial charge in [-0.3, -0.25) is 4.79 Å². The molecule has 1 aromatic carbocycles. The van der Waals surface area contributed by atoms with Crippen LogP contribution in [-0.4, -0.2) is 11.0 Å². The van der Waals surface area contributed by atoms with Crippen LogP contribution in [0.5, 0.6) is 5.75 Å². The number of aromatic hydroxyl groups is 1. The van der Waals surface area contributed by atoms with Crippen LogP contribution in [0.2, 0.25) is 0 Å². The average molecular weight is 247 g/mol. The van der Waals surface area contributed by atoms with Crippen LogP contribution < -0.4 is 5.32 Å². The van der Waals surface area contributed by atoms with Crippen molar-refractivity contribution in [2.45, 2.75) is 13.0 Å². The summed E-state index contributed by atoms with van der Waals surface area (Å²) in [6, 6.07) is 10.4. The molecule has 2 aromatic rings. The molecular formula is C13H13NO2S. The lowest BCUT2D eigenvalue weighted by molar-refractivity contribution is 0.0938. The molecule has 0 fully saturated rings. The van der Waals surface area contributed by atoms with E-state index in [9.17, 15) is 9.90 Å². The summed E-state index contributed by atoms with van der Waals surface area (Å²) in [4.78, 5) is 13.0. The Balaban J connectivity index is 2.10. The molecule has 0 aliphatic heterocycles. The monoisotopic (exact) mass is 247 g/mol. The molecule has 17 heavy (non-hydrogen) atoms. The van der Waals surface area contributed by atoms with Crippen LogP contribution in [0.15, 0.2) is 41.8 Å². The van der Waals surface area contributed by atoms with Crippen molar-refractivity contribution in [2.75, 3.05) is 0 Å². The first-order valence-corrected chi connectivity index (χ1v) is 6.18. The standard InChI is InChI=1S/C13H13NO2S/c1-9(12-7-4-8-17-12)14-13(16)10-5-2-3-6-11(10)15/h2-9,15H,1H3,(H,14,16)/t9-/m0/s1. The fourth-order valence-electron chi connectivity index (χ4n) is 1.55. The van der Waals surface area contributed by atoms with E-state index in [4.69, 9.17) is 0 Å². The third-order valence-corrected chi connectivity index (χ3v) is 3.52. The van der Waals surface area contributed by atoms with Crippen LogP contribution in [0.1, 0.15) is 28.2 Å². The van der Waals surface area contributed by atoms with Crippen LogP contribution in [0.4, 0.5) is 0 Å². The van der Waals surface area contributed by atoms with Gasteiger partial charge in [0, 0.05) is 4.88 Å². The summed E-state index contributed by atoms with van der Waals surface area (Å²) >= 11 is 1.60. The SMILES string of the molecule is C[C@H](NC(=O)c1ccccc1O)c1cccs1. The maximum absolute atomic E-state index is 11.9. The normalized spacial score (nSPS) is 12.1. The van der Waals surface area contributed by atoms with E-state index >= 15 is 0 Å². The van der Waals surface area contributed by atoms with E-state index in [1.165, 1.54) is 6.07 Å². The summed E-state index contributed by atoms with van der Waals surface area (Å²) in [5.41, 5.74) is 0.302. The highest BCUT2D eigenvalue weighted by Gasteiger charge is 2.14. The maximum atomic E-state index is 11.9. The van der Waals surface area contributed by atoms with E-state index in [-0.39, 0.29) is 17.7 Å². The first kappa shape index (κ1) is 11.7. The molecule has 4 heteroatoms. The molecule has 2 N–H and O–H groups in total. The number of phenolic OH excluding ortho intramolecular Hbond substituents is 1. The molecule has 0 spiro atoms. The molecule has 88 valence electrons. The molecule has 3 nitrogen and oxygen atoms in total. The molecule has 1 amide bonds. The number of rotatable bonds is 3. The van der Waals surface area contributed by atoms with Crippen molar-refractivity contribution in [1.29, 1.82) is 0 Å². The first-order valence-electron chi connectivity index (χ1n) is 5.30. The van der Waals surface area contributed by atoms with E-state index in [1.54, 1.807) is 29.5 Å². The molecule has 0 bridgehead atoms. The zero-order chi connectivity index (χ0) is 12.3. The van der Waals surface area contributed by atoms with E-state index in [1.807, 2.05) is 24.4 Å². The van der Waals surface area contributed by atoms with Crippen molar-refractivity contribution in [3.05, 3.63) is 52.2 Å². The zero-order valence-electron chi connectivity index (χ0n) is 9.38. The van der Waals surface area contributed by atoms with Crippen molar-refractivity contribution in [2.24, 2.45) is 0 Å². The molecule has 2 rings (SSSR count). The molecular weight excluding hydrogens is 234 g/mol. The minimum Gasteiger partial charge on any atom is -0.507 e.